The molecule has 1 fully saturated rings. The number of nitrogens with zero attached hydrogens (tertiary/aromatic N) is 1. The van der Waals surface area contributed by atoms with Crippen LogP contribution in [0.15, 0.2) is 24.3 Å². The average Bonchev–Trinajstić information content (AvgIpc) is 2.84. The number of hydrogen-bond donors (Lipinski definition) is 1. The Morgan fingerprint density at radius 1 is 1.45 bits per heavy atom. The predicted octanol–water partition coefficient (Wildman–Crippen LogP) is 2.05. The van der Waals surface area contributed by atoms with Crippen molar-refractivity contribution >= 4 is 17.7 Å². The molecule has 1 aromatic carbocycles. The molecule has 1 saturated heterocycles. The number of carboxylic acids is 1. The first-order valence-electron chi connectivity index (χ1n) is 6.99. The van der Waals surface area contributed by atoms with Crippen LogP contribution in [-0.4, -0.2) is 53.2 Å². The molecule has 1 N–H and O–H groups in total. The van der Waals surface area contributed by atoms with Gasteiger partial charge >= 0.3 is 5.97 Å². The molecule has 0 aromatic heterocycles. The van der Waals surface area contributed by atoms with Gasteiger partial charge in [-0.1, -0.05) is 18.2 Å². The normalized spacial score (nSPS) is 26.0. The quantitative estimate of drug-likeness (QED) is 0.921. The summed E-state index contributed by atoms with van der Waals surface area (Å²) in [5.41, 5.74) is 1.26. The fourth-order valence-electron chi connectivity index (χ4n) is 2.98. The van der Waals surface area contributed by atoms with Gasteiger partial charge in [-0.25, -0.2) is 0 Å². The van der Waals surface area contributed by atoms with Crippen molar-refractivity contribution in [3.8, 4) is 5.75 Å². The summed E-state index contributed by atoms with van der Waals surface area (Å²) in [7, 11) is 0. The molecule has 1 aromatic rings. The van der Waals surface area contributed by atoms with Crippen molar-refractivity contribution in [3.63, 3.8) is 0 Å². The summed E-state index contributed by atoms with van der Waals surface area (Å²) in [6, 6.07) is 8.32. The van der Waals surface area contributed by atoms with Gasteiger partial charge in [0.15, 0.2) is 0 Å². The van der Waals surface area contributed by atoms with E-state index in [4.69, 9.17) is 9.84 Å². The molecule has 2 heterocycles. The summed E-state index contributed by atoms with van der Waals surface area (Å²) in [6.45, 7) is 2.58. The number of hydrogen-bond acceptors (Lipinski definition) is 4. The largest absolute Gasteiger partial charge is 0.493 e. The standard InChI is InChI=1S/C15H19NO3S/c17-15(18)7-12-10-20-6-5-16(12)8-11-9-19-14-4-2-1-3-13(11)14/h1-4,11-12H,5-10H2,(H,17,18). The maximum atomic E-state index is 11.0. The molecular formula is C15H19NO3S. The van der Waals surface area contributed by atoms with E-state index in [0.717, 1.165) is 30.3 Å². The number of fused-ring (bicyclic) bond motifs is 1. The Bertz CT molecular complexity index is 494. The lowest BCUT2D eigenvalue weighted by Crippen LogP contribution is -2.45. The Morgan fingerprint density at radius 2 is 2.30 bits per heavy atom. The topological polar surface area (TPSA) is 49.8 Å². The molecule has 5 heteroatoms. The number of rotatable bonds is 4. The minimum absolute atomic E-state index is 0.152. The van der Waals surface area contributed by atoms with Crippen LogP contribution in [0.1, 0.15) is 17.9 Å². The van der Waals surface area contributed by atoms with Crippen LogP contribution < -0.4 is 4.74 Å². The van der Waals surface area contributed by atoms with Gasteiger partial charge in [-0.15, -0.1) is 0 Å². The highest BCUT2D eigenvalue weighted by molar-refractivity contribution is 7.99. The summed E-state index contributed by atoms with van der Waals surface area (Å²) in [5.74, 6) is 2.65. The van der Waals surface area contributed by atoms with E-state index in [0.29, 0.717) is 12.5 Å². The Hall–Kier alpha value is -1.20. The van der Waals surface area contributed by atoms with Gasteiger partial charge in [0, 0.05) is 42.1 Å². The summed E-state index contributed by atoms with van der Waals surface area (Å²) >= 11 is 1.86. The van der Waals surface area contributed by atoms with E-state index >= 15 is 0 Å². The van der Waals surface area contributed by atoms with Crippen molar-refractivity contribution in [1.82, 2.24) is 4.90 Å². The monoisotopic (exact) mass is 293 g/mol. The van der Waals surface area contributed by atoms with Gasteiger partial charge in [-0.05, 0) is 6.07 Å². The van der Waals surface area contributed by atoms with Gasteiger partial charge in [0.05, 0.1) is 13.0 Å². The molecule has 0 saturated carbocycles. The fourth-order valence-corrected chi connectivity index (χ4v) is 4.11. The Balaban J connectivity index is 1.68. The molecule has 0 radical (unpaired) electrons. The van der Waals surface area contributed by atoms with E-state index in [1.807, 2.05) is 30.0 Å². The third-order valence-electron chi connectivity index (χ3n) is 4.01. The molecule has 0 amide bonds. The first-order chi connectivity index (χ1) is 9.74. The van der Waals surface area contributed by atoms with Crippen LogP contribution in [-0.2, 0) is 4.79 Å². The molecule has 108 valence electrons. The van der Waals surface area contributed by atoms with Crippen molar-refractivity contribution in [2.45, 2.75) is 18.4 Å². The molecule has 2 aliphatic rings. The number of ether oxygens (including phenoxy) is 1. The Kier molecular flexibility index (Phi) is 4.17. The molecule has 2 atom stereocenters. The Morgan fingerprint density at radius 3 is 3.15 bits per heavy atom. The number of aliphatic carboxylic acids is 1. The van der Waals surface area contributed by atoms with Crippen LogP contribution in [0.4, 0.5) is 0 Å². The summed E-state index contributed by atoms with van der Waals surface area (Å²) < 4.78 is 5.72. The molecule has 0 spiro atoms. The molecule has 2 aliphatic heterocycles. The van der Waals surface area contributed by atoms with Gasteiger partial charge in [0.1, 0.15) is 5.75 Å². The second kappa shape index (κ2) is 6.06. The van der Waals surface area contributed by atoms with Gasteiger partial charge in [0.2, 0.25) is 0 Å². The molecule has 20 heavy (non-hydrogen) atoms. The van der Waals surface area contributed by atoms with Crippen molar-refractivity contribution in [2.75, 3.05) is 31.2 Å². The number of benzene rings is 1. The first-order valence-corrected chi connectivity index (χ1v) is 8.15. The van der Waals surface area contributed by atoms with Crippen molar-refractivity contribution in [2.24, 2.45) is 0 Å². The highest BCUT2D eigenvalue weighted by Gasteiger charge is 2.31. The third-order valence-corrected chi connectivity index (χ3v) is 5.11. The number of carboxylic acid groups (broad SMARTS) is 1. The van der Waals surface area contributed by atoms with Crippen LogP contribution in [0.25, 0.3) is 0 Å². The van der Waals surface area contributed by atoms with Gasteiger partial charge in [-0.3, -0.25) is 9.69 Å². The summed E-state index contributed by atoms with van der Waals surface area (Å²) in [4.78, 5) is 13.3. The van der Waals surface area contributed by atoms with E-state index < -0.39 is 5.97 Å². The zero-order valence-electron chi connectivity index (χ0n) is 11.3. The number of carbonyl (C=O) groups is 1. The molecule has 0 aliphatic carbocycles. The van der Waals surface area contributed by atoms with E-state index in [9.17, 15) is 4.79 Å². The van der Waals surface area contributed by atoms with Crippen LogP contribution in [0.3, 0.4) is 0 Å². The van der Waals surface area contributed by atoms with Gasteiger partial charge in [-0.2, -0.15) is 11.8 Å². The van der Waals surface area contributed by atoms with E-state index in [1.54, 1.807) is 0 Å². The van der Waals surface area contributed by atoms with E-state index in [-0.39, 0.29) is 12.5 Å². The minimum Gasteiger partial charge on any atom is -0.493 e. The molecule has 3 rings (SSSR count). The van der Waals surface area contributed by atoms with E-state index in [2.05, 4.69) is 11.0 Å². The molecule has 0 bridgehead atoms. The predicted molar refractivity (Wildman–Crippen MR) is 79.6 cm³/mol. The van der Waals surface area contributed by atoms with Crippen LogP contribution in [0.2, 0.25) is 0 Å². The number of para-hydroxylation sites is 1. The van der Waals surface area contributed by atoms with Crippen LogP contribution in [0.5, 0.6) is 5.75 Å². The van der Waals surface area contributed by atoms with Gasteiger partial charge < -0.3 is 9.84 Å². The number of thioether (sulfide) groups is 1. The Labute approximate surface area is 123 Å². The highest BCUT2D eigenvalue weighted by atomic mass is 32.2. The minimum atomic E-state index is -0.703. The van der Waals surface area contributed by atoms with Crippen molar-refractivity contribution in [3.05, 3.63) is 29.8 Å². The molecule has 2 unspecified atom stereocenters. The zero-order valence-corrected chi connectivity index (χ0v) is 12.1. The lowest BCUT2D eigenvalue weighted by molar-refractivity contribution is -0.138. The van der Waals surface area contributed by atoms with Crippen LogP contribution >= 0.6 is 11.8 Å². The maximum absolute atomic E-state index is 11.0. The second-order valence-electron chi connectivity index (χ2n) is 5.37. The molecular weight excluding hydrogens is 274 g/mol. The smallest absolute Gasteiger partial charge is 0.304 e. The lowest BCUT2D eigenvalue weighted by atomic mass is 9.99. The van der Waals surface area contributed by atoms with E-state index in [1.165, 1.54) is 5.56 Å². The highest BCUT2D eigenvalue weighted by Crippen LogP contribution is 2.35. The van der Waals surface area contributed by atoms with Crippen molar-refractivity contribution < 1.29 is 14.6 Å². The lowest BCUT2D eigenvalue weighted by Gasteiger charge is -2.36. The van der Waals surface area contributed by atoms with Gasteiger partial charge in [0.25, 0.3) is 0 Å². The average molecular weight is 293 g/mol. The fraction of sp³-hybridized carbons (Fsp3) is 0.533. The van der Waals surface area contributed by atoms with Crippen LogP contribution in [0, 0.1) is 0 Å². The maximum Gasteiger partial charge on any atom is 0.304 e. The summed E-state index contributed by atoms with van der Waals surface area (Å²) in [5, 5.41) is 9.04. The van der Waals surface area contributed by atoms with Crippen molar-refractivity contribution in [1.29, 1.82) is 0 Å². The zero-order chi connectivity index (χ0) is 13.9. The SMILES string of the molecule is O=C(O)CC1CSCCN1CC1COc2ccccc21. The first kappa shape index (κ1) is 13.8. The third kappa shape index (κ3) is 2.94. The second-order valence-corrected chi connectivity index (χ2v) is 6.52. The summed E-state index contributed by atoms with van der Waals surface area (Å²) in [6.07, 6.45) is 0.238. The molecule has 4 nitrogen and oxygen atoms in total.